The van der Waals surface area contributed by atoms with Crippen molar-refractivity contribution in [3.8, 4) is 0 Å². The van der Waals surface area contributed by atoms with Gasteiger partial charge in [-0.1, -0.05) is 13.3 Å². The van der Waals surface area contributed by atoms with E-state index in [0.717, 1.165) is 6.54 Å². The van der Waals surface area contributed by atoms with E-state index in [1.807, 2.05) is 12.5 Å². The second kappa shape index (κ2) is 6.74. The second-order valence-corrected chi connectivity index (χ2v) is 7.83. The first-order valence-corrected chi connectivity index (χ1v) is 8.55. The van der Waals surface area contributed by atoms with Gasteiger partial charge in [-0.15, -0.1) is 23.5 Å². The number of thioether (sulfide) groups is 2. The van der Waals surface area contributed by atoms with Crippen LogP contribution in [0.5, 0.6) is 0 Å². The maximum atomic E-state index is 4.09. The van der Waals surface area contributed by atoms with E-state index in [2.05, 4.69) is 46.2 Å². The van der Waals surface area contributed by atoms with Gasteiger partial charge in [0.2, 0.25) is 0 Å². The van der Waals surface area contributed by atoms with Crippen molar-refractivity contribution >= 4 is 23.5 Å². The van der Waals surface area contributed by atoms with Crippen LogP contribution in [0.25, 0.3) is 0 Å². The van der Waals surface area contributed by atoms with Gasteiger partial charge in [0.1, 0.15) is 0 Å². The summed E-state index contributed by atoms with van der Waals surface area (Å²) in [6.07, 6.45) is 12.5. The third kappa shape index (κ3) is 3.95. The zero-order chi connectivity index (χ0) is 12.0. The average molecular weight is 270 g/mol. The lowest BCUT2D eigenvalue weighted by Gasteiger charge is -2.36. The number of nitrogens with zero attached hydrogens (tertiary/aromatic N) is 2. The molecule has 1 fully saturated rings. The fraction of sp³-hybridized carbons (Fsp3) is 0.769. The molecule has 0 spiro atoms. The zero-order valence-electron chi connectivity index (χ0n) is 10.6. The minimum atomic E-state index is 0.521. The number of rotatable bonds is 6. The Labute approximate surface area is 113 Å². The molecule has 1 saturated heterocycles. The van der Waals surface area contributed by atoms with Crippen molar-refractivity contribution < 1.29 is 0 Å². The zero-order valence-corrected chi connectivity index (χ0v) is 12.2. The van der Waals surface area contributed by atoms with Gasteiger partial charge in [-0.25, -0.2) is 4.98 Å². The maximum Gasteiger partial charge on any atom is 0.0945 e. The lowest BCUT2D eigenvalue weighted by molar-refractivity contribution is 0.554. The van der Waals surface area contributed by atoms with Crippen LogP contribution in [0.3, 0.4) is 0 Å². The molecule has 0 bridgehead atoms. The summed E-state index contributed by atoms with van der Waals surface area (Å²) in [5.74, 6) is 2.72. The lowest BCUT2D eigenvalue weighted by atomic mass is 10.1. The molecule has 0 atom stereocenters. The van der Waals surface area contributed by atoms with Gasteiger partial charge in [0.05, 0.1) is 10.4 Å². The van der Waals surface area contributed by atoms with Gasteiger partial charge in [0.15, 0.2) is 0 Å². The Kier molecular flexibility index (Phi) is 5.29. The summed E-state index contributed by atoms with van der Waals surface area (Å²) in [7, 11) is 0. The first-order valence-electron chi connectivity index (χ1n) is 6.58. The van der Waals surface area contributed by atoms with Crippen LogP contribution in [0.15, 0.2) is 18.7 Å². The summed E-state index contributed by atoms with van der Waals surface area (Å²) in [5, 5.41) is 0. The van der Waals surface area contributed by atoms with Gasteiger partial charge >= 0.3 is 0 Å². The van der Waals surface area contributed by atoms with Crippen molar-refractivity contribution in [2.24, 2.45) is 0 Å². The van der Waals surface area contributed by atoms with Crippen LogP contribution in [0.4, 0.5) is 0 Å². The molecule has 1 aromatic heterocycles. The van der Waals surface area contributed by atoms with Crippen LogP contribution in [-0.2, 0) is 6.54 Å². The summed E-state index contributed by atoms with van der Waals surface area (Å²) >= 11 is 4.42. The normalized spacial score (nSPS) is 19.4. The van der Waals surface area contributed by atoms with Gasteiger partial charge in [0, 0.05) is 18.9 Å². The maximum absolute atomic E-state index is 4.09. The fourth-order valence-electron chi connectivity index (χ4n) is 2.36. The van der Waals surface area contributed by atoms with Crippen LogP contribution in [0.1, 0.15) is 39.0 Å². The molecule has 0 N–H and O–H groups in total. The van der Waals surface area contributed by atoms with Gasteiger partial charge in [-0.05, 0) is 37.2 Å². The molecule has 2 nitrogen and oxygen atoms in total. The quantitative estimate of drug-likeness (QED) is 0.777. The monoisotopic (exact) mass is 270 g/mol. The molecule has 0 radical (unpaired) electrons. The Morgan fingerprint density at radius 2 is 2.12 bits per heavy atom. The van der Waals surface area contributed by atoms with E-state index < -0.39 is 0 Å². The summed E-state index contributed by atoms with van der Waals surface area (Å²) in [6, 6.07) is 0. The molecule has 0 saturated carbocycles. The third-order valence-electron chi connectivity index (χ3n) is 3.18. The minimum absolute atomic E-state index is 0.521. The van der Waals surface area contributed by atoms with E-state index in [0.29, 0.717) is 4.08 Å². The van der Waals surface area contributed by atoms with E-state index in [1.54, 1.807) is 0 Å². The van der Waals surface area contributed by atoms with Crippen LogP contribution in [0, 0.1) is 0 Å². The molecule has 2 rings (SSSR count). The molecular formula is C13H22N2S2. The minimum Gasteiger partial charge on any atom is -0.337 e. The predicted octanol–water partition coefficient (Wildman–Crippen LogP) is 4.03. The molecule has 1 aliphatic rings. The Balaban J connectivity index is 1.80. The number of hydrogen-bond donors (Lipinski definition) is 0. The molecule has 1 aliphatic heterocycles. The van der Waals surface area contributed by atoms with Crippen LogP contribution >= 0.6 is 23.5 Å². The van der Waals surface area contributed by atoms with E-state index in [4.69, 9.17) is 0 Å². The second-order valence-electron chi connectivity index (χ2n) is 4.62. The van der Waals surface area contributed by atoms with Crippen molar-refractivity contribution in [3.05, 3.63) is 18.7 Å². The predicted molar refractivity (Wildman–Crippen MR) is 78.6 cm³/mol. The van der Waals surface area contributed by atoms with Gasteiger partial charge in [0.25, 0.3) is 0 Å². The summed E-state index contributed by atoms with van der Waals surface area (Å²) in [6.45, 7) is 3.43. The largest absolute Gasteiger partial charge is 0.337 e. The molecule has 2 heterocycles. The van der Waals surface area contributed by atoms with E-state index >= 15 is 0 Å². The number of imidazole rings is 1. The fourth-order valence-corrected chi connectivity index (χ4v) is 5.97. The number of aryl methyl sites for hydroxylation is 1. The average Bonchev–Trinajstić information content (AvgIpc) is 2.84. The third-order valence-corrected chi connectivity index (χ3v) is 6.74. The van der Waals surface area contributed by atoms with Gasteiger partial charge < -0.3 is 4.57 Å². The summed E-state index contributed by atoms with van der Waals surface area (Å²) < 4.78 is 2.71. The highest BCUT2D eigenvalue weighted by molar-refractivity contribution is 8.18. The Morgan fingerprint density at radius 3 is 2.76 bits per heavy atom. The first-order chi connectivity index (χ1) is 8.35. The van der Waals surface area contributed by atoms with Crippen LogP contribution in [-0.4, -0.2) is 25.1 Å². The van der Waals surface area contributed by atoms with E-state index in [9.17, 15) is 0 Å². The summed E-state index contributed by atoms with van der Waals surface area (Å²) in [5.41, 5.74) is 0. The molecule has 17 heavy (non-hydrogen) atoms. The summed E-state index contributed by atoms with van der Waals surface area (Å²) in [4.78, 5) is 4.09. The van der Waals surface area contributed by atoms with Crippen LogP contribution < -0.4 is 0 Å². The molecular weight excluding hydrogens is 248 g/mol. The first kappa shape index (κ1) is 13.3. The number of aromatic nitrogens is 2. The SMILES string of the molecule is CCCC1(CCCn2ccnc2)SCCCS1. The molecule has 0 unspecified atom stereocenters. The Bertz CT molecular complexity index is 300. The van der Waals surface area contributed by atoms with Crippen molar-refractivity contribution in [2.75, 3.05) is 11.5 Å². The van der Waals surface area contributed by atoms with Gasteiger partial charge in [-0.3, -0.25) is 0 Å². The Morgan fingerprint density at radius 1 is 1.29 bits per heavy atom. The van der Waals surface area contributed by atoms with Gasteiger partial charge in [-0.2, -0.15) is 0 Å². The van der Waals surface area contributed by atoms with Crippen molar-refractivity contribution in [2.45, 2.75) is 49.7 Å². The van der Waals surface area contributed by atoms with E-state index in [1.165, 1.54) is 43.6 Å². The van der Waals surface area contributed by atoms with Crippen molar-refractivity contribution in [3.63, 3.8) is 0 Å². The molecule has 0 amide bonds. The molecule has 4 heteroatoms. The lowest BCUT2D eigenvalue weighted by Crippen LogP contribution is -2.25. The molecule has 96 valence electrons. The highest BCUT2D eigenvalue weighted by Gasteiger charge is 2.31. The van der Waals surface area contributed by atoms with E-state index in [-0.39, 0.29) is 0 Å². The smallest absolute Gasteiger partial charge is 0.0945 e. The topological polar surface area (TPSA) is 17.8 Å². The molecule has 1 aromatic rings. The highest BCUT2D eigenvalue weighted by atomic mass is 32.2. The molecule has 0 aromatic carbocycles. The molecule has 0 aliphatic carbocycles. The highest BCUT2D eigenvalue weighted by Crippen LogP contribution is 2.48. The van der Waals surface area contributed by atoms with Crippen molar-refractivity contribution in [1.29, 1.82) is 0 Å². The Hall–Kier alpha value is -0.0900. The number of hydrogen-bond acceptors (Lipinski definition) is 3. The standard InChI is InChI=1S/C13H22N2S2/c1-2-5-13(16-10-4-11-17-13)6-3-8-15-9-7-14-12-15/h7,9,12H,2-6,8,10-11H2,1H3. The van der Waals surface area contributed by atoms with Crippen molar-refractivity contribution in [1.82, 2.24) is 9.55 Å². The van der Waals surface area contributed by atoms with Crippen LogP contribution in [0.2, 0.25) is 0 Å².